The molecule has 0 radical (unpaired) electrons. The first kappa shape index (κ1) is 21.1. The standard InChI is InChI=1S/C26H27FN6O/c1-2-15-12-18(34)3-4-19(15)20-5-6-21-24(23(20)27)31-32-25(21)26-29-14-22(30-26)16-7-9-33-10-8-28-13-17(33)11-16/h3-6,11-12,14,17,28,34H,2,7-10,13H2,1H3,(H,29,30)(H,31,32). The highest BCUT2D eigenvalue weighted by Crippen LogP contribution is 2.35. The number of piperazine rings is 1. The lowest BCUT2D eigenvalue weighted by Gasteiger charge is -2.38. The maximum atomic E-state index is 15.6. The van der Waals surface area contributed by atoms with Crippen molar-refractivity contribution in [1.29, 1.82) is 0 Å². The molecule has 1 fully saturated rings. The number of halogens is 1. The van der Waals surface area contributed by atoms with E-state index in [2.05, 4.69) is 36.5 Å². The lowest BCUT2D eigenvalue weighted by molar-refractivity contribution is 0.190. The number of imidazole rings is 1. The van der Waals surface area contributed by atoms with Crippen molar-refractivity contribution in [2.24, 2.45) is 0 Å². The first-order valence-electron chi connectivity index (χ1n) is 11.8. The summed E-state index contributed by atoms with van der Waals surface area (Å²) in [5.41, 5.74) is 5.33. The molecule has 4 heterocycles. The van der Waals surface area contributed by atoms with Gasteiger partial charge in [0.15, 0.2) is 11.6 Å². The maximum Gasteiger partial charge on any atom is 0.159 e. The summed E-state index contributed by atoms with van der Waals surface area (Å²) in [7, 11) is 0. The van der Waals surface area contributed by atoms with E-state index >= 15 is 4.39 Å². The molecule has 4 N–H and O–H groups in total. The summed E-state index contributed by atoms with van der Waals surface area (Å²) in [6.45, 7) is 6.13. The lowest BCUT2D eigenvalue weighted by Crippen LogP contribution is -2.52. The van der Waals surface area contributed by atoms with Crippen molar-refractivity contribution in [2.45, 2.75) is 25.8 Å². The molecular weight excluding hydrogens is 431 g/mol. The molecule has 0 amide bonds. The number of aromatic hydroxyl groups is 1. The molecule has 2 aromatic heterocycles. The summed E-state index contributed by atoms with van der Waals surface area (Å²) < 4.78 is 15.6. The minimum absolute atomic E-state index is 0.179. The fraction of sp³-hybridized carbons (Fsp3) is 0.308. The number of hydrogen-bond acceptors (Lipinski definition) is 5. The number of rotatable bonds is 4. The van der Waals surface area contributed by atoms with Crippen molar-refractivity contribution in [3.63, 3.8) is 0 Å². The molecule has 0 bridgehead atoms. The smallest absolute Gasteiger partial charge is 0.159 e. The molecule has 1 atom stereocenters. The Kier molecular flexibility index (Phi) is 5.19. The van der Waals surface area contributed by atoms with E-state index in [1.807, 2.05) is 19.2 Å². The number of nitrogens with one attached hydrogen (secondary N) is 3. The Morgan fingerprint density at radius 2 is 2.06 bits per heavy atom. The predicted molar refractivity (Wildman–Crippen MR) is 131 cm³/mol. The number of H-pyrrole nitrogens is 2. The number of aromatic nitrogens is 4. The highest BCUT2D eigenvalue weighted by molar-refractivity contribution is 5.95. The van der Waals surface area contributed by atoms with Crippen LogP contribution in [-0.4, -0.2) is 62.4 Å². The van der Waals surface area contributed by atoms with E-state index in [9.17, 15) is 5.11 Å². The Labute approximate surface area is 196 Å². The van der Waals surface area contributed by atoms with Crippen LogP contribution in [0.4, 0.5) is 4.39 Å². The van der Waals surface area contributed by atoms with E-state index < -0.39 is 0 Å². The monoisotopic (exact) mass is 458 g/mol. The molecule has 1 unspecified atom stereocenters. The largest absolute Gasteiger partial charge is 0.508 e. The summed E-state index contributed by atoms with van der Waals surface area (Å²) in [5.74, 6) is 0.444. The number of fused-ring (bicyclic) bond motifs is 2. The minimum atomic E-state index is -0.382. The van der Waals surface area contributed by atoms with Crippen molar-refractivity contribution in [2.75, 3.05) is 26.2 Å². The second-order valence-corrected chi connectivity index (χ2v) is 9.01. The van der Waals surface area contributed by atoms with E-state index in [1.165, 1.54) is 5.57 Å². The van der Waals surface area contributed by atoms with E-state index in [1.54, 1.807) is 24.3 Å². The van der Waals surface area contributed by atoms with Crippen LogP contribution in [0.1, 0.15) is 24.6 Å². The number of phenolic OH excluding ortho intramolecular Hbond substituents is 1. The molecular formula is C26H27FN6O. The van der Waals surface area contributed by atoms with Crippen LogP contribution < -0.4 is 5.32 Å². The number of nitrogens with zero attached hydrogens (tertiary/aromatic N) is 3. The number of aryl methyl sites for hydroxylation is 1. The van der Waals surface area contributed by atoms with Gasteiger partial charge in [-0.3, -0.25) is 10.00 Å². The quantitative estimate of drug-likeness (QED) is 0.370. The molecule has 34 heavy (non-hydrogen) atoms. The van der Waals surface area contributed by atoms with Gasteiger partial charge in [-0.05, 0) is 47.7 Å². The van der Waals surface area contributed by atoms with Crippen LogP contribution in [0, 0.1) is 5.82 Å². The Morgan fingerprint density at radius 1 is 1.18 bits per heavy atom. The molecule has 2 aromatic carbocycles. The average Bonchev–Trinajstić information content (AvgIpc) is 3.52. The van der Waals surface area contributed by atoms with Crippen molar-refractivity contribution in [1.82, 2.24) is 30.4 Å². The summed E-state index contributed by atoms with van der Waals surface area (Å²) in [6.07, 6.45) is 5.85. The molecule has 2 aliphatic heterocycles. The van der Waals surface area contributed by atoms with Crippen LogP contribution in [0.5, 0.6) is 5.75 Å². The van der Waals surface area contributed by atoms with Gasteiger partial charge in [-0.1, -0.05) is 25.1 Å². The van der Waals surface area contributed by atoms with Gasteiger partial charge < -0.3 is 15.4 Å². The van der Waals surface area contributed by atoms with Gasteiger partial charge in [-0.25, -0.2) is 9.37 Å². The highest BCUT2D eigenvalue weighted by atomic mass is 19.1. The minimum Gasteiger partial charge on any atom is -0.508 e. The van der Waals surface area contributed by atoms with Crippen LogP contribution in [0.2, 0.25) is 0 Å². The molecule has 0 aliphatic carbocycles. The maximum absolute atomic E-state index is 15.6. The van der Waals surface area contributed by atoms with Crippen LogP contribution in [0.3, 0.4) is 0 Å². The number of hydrogen-bond donors (Lipinski definition) is 4. The van der Waals surface area contributed by atoms with Crippen molar-refractivity contribution >= 4 is 16.5 Å². The van der Waals surface area contributed by atoms with Gasteiger partial charge in [0.25, 0.3) is 0 Å². The number of aromatic amines is 2. The fourth-order valence-electron chi connectivity index (χ4n) is 5.20. The van der Waals surface area contributed by atoms with Crippen LogP contribution in [-0.2, 0) is 6.42 Å². The number of benzene rings is 2. The zero-order valence-electron chi connectivity index (χ0n) is 19.0. The zero-order chi connectivity index (χ0) is 23.2. The van der Waals surface area contributed by atoms with Gasteiger partial charge in [0, 0.05) is 43.2 Å². The van der Waals surface area contributed by atoms with Crippen LogP contribution in [0.25, 0.3) is 39.1 Å². The fourth-order valence-corrected chi connectivity index (χ4v) is 5.20. The second-order valence-electron chi connectivity index (χ2n) is 9.01. The molecule has 2 aliphatic rings. The zero-order valence-corrected chi connectivity index (χ0v) is 19.0. The Hall–Kier alpha value is -3.49. The third-order valence-corrected chi connectivity index (χ3v) is 7.04. The molecule has 7 nitrogen and oxygen atoms in total. The highest BCUT2D eigenvalue weighted by Gasteiger charge is 2.26. The average molecular weight is 459 g/mol. The summed E-state index contributed by atoms with van der Waals surface area (Å²) in [5, 5.41) is 21.2. The van der Waals surface area contributed by atoms with Gasteiger partial charge in [0.2, 0.25) is 0 Å². The molecule has 6 rings (SSSR count). The Morgan fingerprint density at radius 3 is 2.94 bits per heavy atom. The van der Waals surface area contributed by atoms with E-state index in [4.69, 9.17) is 0 Å². The van der Waals surface area contributed by atoms with Crippen molar-refractivity contribution < 1.29 is 9.50 Å². The first-order valence-corrected chi connectivity index (χ1v) is 11.8. The topological polar surface area (TPSA) is 92.9 Å². The van der Waals surface area contributed by atoms with Gasteiger partial charge in [0.05, 0.1) is 11.9 Å². The third-order valence-electron chi connectivity index (χ3n) is 7.04. The first-order chi connectivity index (χ1) is 16.6. The Bertz CT molecular complexity index is 1400. The van der Waals surface area contributed by atoms with Gasteiger partial charge in [-0.2, -0.15) is 5.10 Å². The van der Waals surface area contributed by atoms with E-state index in [-0.39, 0.29) is 17.1 Å². The Balaban J connectivity index is 1.35. The van der Waals surface area contributed by atoms with Gasteiger partial charge in [-0.15, -0.1) is 0 Å². The molecule has 8 heteroatoms. The molecule has 0 spiro atoms. The van der Waals surface area contributed by atoms with Crippen LogP contribution in [0.15, 0.2) is 42.6 Å². The molecule has 174 valence electrons. The third kappa shape index (κ3) is 3.50. The van der Waals surface area contributed by atoms with Gasteiger partial charge in [0.1, 0.15) is 17.0 Å². The summed E-state index contributed by atoms with van der Waals surface area (Å²) in [4.78, 5) is 10.5. The lowest BCUT2D eigenvalue weighted by atomic mass is 9.96. The van der Waals surface area contributed by atoms with Crippen molar-refractivity contribution in [3.05, 3.63) is 59.7 Å². The second kappa shape index (κ2) is 8.38. The summed E-state index contributed by atoms with van der Waals surface area (Å²) in [6, 6.07) is 9.10. The van der Waals surface area contributed by atoms with E-state index in [0.29, 0.717) is 34.9 Å². The van der Waals surface area contributed by atoms with Gasteiger partial charge >= 0.3 is 0 Å². The predicted octanol–water partition coefficient (Wildman–Crippen LogP) is 4.09. The van der Waals surface area contributed by atoms with Crippen LogP contribution >= 0.6 is 0 Å². The van der Waals surface area contributed by atoms with E-state index in [0.717, 1.165) is 49.4 Å². The van der Waals surface area contributed by atoms with Crippen molar-refractivity contribution in [3.8, 4) is 28.4 Å². The SMILES string of the molecule is CCc1cc(O)ccc1-c1ccc2c(-c3ncc(C4=CC5CNCCN5CC4)[nH]3)[nH]nc2c1F. The molecule has 0 saturated carbocycles. The number of phenols is 1. The molecule has 1 saturated heterocycles. The summed E-state index contributed by atoms with van der Waals surface area (Å²) >= 11 is 0. The molecule has 4 aromatic rings. The normalized spacial score (nSPS) is 18.8.